The van der Waals surface area contributed by atoms with Gasteiger partial charge in [-0.25, -0.2) is 0 Å². The third kappa shape index (κ3) is 4.20. The molecule has 0 saturated heterocycles. The molecular weight excluding hydrogens is 548 g/mol. The van der Waals surface area contributed by atoms with Gasteiger partial charge in [-0.1, -0.05) is 127 Å². The lowest BCUT2D eigenvalue weighted by molar-refractivity contribution is 0.670. The van der Waals surface area contributed by atoms with Crippen LogP contribution in [0.4, 0.5) is 0 Å². The van der Waals surface area contributed by atoms with Crippen LogP contribution in [0.2, 0.25) is 0 Å². The first kappa shape index (κ1) is 25.7. The van der Waals surface area contributed by atoms with E-state index in [2.05, 4.69) is 133 Å². The van der Waals surface area contributed by atoms with Gasteiger partial charge in [-0.3, -0.25) is 9.98 Å². The van der Waals surface area contributed by atoms with E-state index in [1.807, 2.05) is 12.3 Å². The van der Waals surface area contributed by atoms with Gasteiger partial charge in [0.25, 0.3) is 0 Å². The maximum absolute atomic E-state index is 6.61. The van der Waals surface area contributed by atoms with Gasteiger partial charge in [-0.2, -0.15) is 0 Å². The fraction of sp³-hybridized carbons (Fsp3) is 0.0476. The molecule has 0 radical (unpaired) electrons. The van der Waals surface area contributed by atoms with E-state index in [0.717, 1.165) is 55.1 Å². The summed E-state index contributed by atoms with van der Waals surface area (Å²) in [7, 11) is 0. The molecule has 0 atom stereocenters. The molecule has 45 heavy (non-hydrogen) atoms. The second kappa shape index (κ2) is 10.4. The van der Waals surface area contributed by atoms with Crippen LogP contribution in [0.3, 0.4) is 0 Å². The molecule has 8 aromatic rings. The molecule has 1 aliphatic rings. The number of hydrogen-bond donors (Lipinski definition) is 0. The summed E-state index contributed by atoms with van der Waals surface area (Å²) in [6.45, 7) is 1.17. The summed E-state index contributed by atoms with van der Waals surface area (Å²) in [5, 5.41) is 7.00. The van der Waals surface area contributed by atoms with Gasteiger partial charge in [0, 0.05) is 28.1 Å². The first-order valence-corrected chi connectivity index (χ1v) is 15.4. The minimum Gasteiger partial charge on any atom is -0.455 e. The Morgan fingerprint density at radius 2 is 1.07 bits per heavy atom. The van der Waals surface area contributed by atoms with E-state index < -0.39 is 0 Å². The smallest absolute Gasteiger partial charge is 0.143 e. The van der Waals surface area contributed by atoms with Crippen molar-refractivity contribution in [2.45, 2.75) is 13.1 Å². The van der Waals surface area contributed by atoms with Gasteiger partial charge in [-0.15, -0.1) is 0 Å². The minimum atomic E-state index is 0.576. The summed E-state index contributed by atoms with van der Waals surface area (Å²) < 4.78 is 6.61. The second-order valence-electron chi connectivity index (χ2n) is 11.6. The lowest BCUT2D eigenvalue weighted by Gasteiger charge is -2.16. The molecule has 0 bridgehead atoms. The highest BCUT2D eigenvalue weighted by Gasteiger charge is 2.19. The third-order valence-electron chi connectivity index (χ3n) is 9.08. The minimum absolute atomic E-state index is 0.576. The Hall–Kier alpha value is -5.80. The molecule has 0 unspecified atom stereocenters. The predicted octanol–water partition coefficient (Wildman–Crippen LogP) is 10.8. The fourth-order valence-corrected chi connectivity index (χ4v) is 6.97. The molecule has 0 saturated carbocycles. The van der Waals surface area contributed by atoms with Crippen LogP contribution < -0.4 is 0 Å². The van der Waals surface area contributed by atoms with E-state index in [1.54, 1.807) is 0 Å². The number of para-hydroxylation sites is 1. The summed E-state index contributed by atoms with van der Waals surface area (Å²) >= 11 is 0. The van der Waals surface area contributed by atoms with Crippen LogP contribution in [0.15, 0.2) is 154 Å². The SMILES string of the molecule is C1=NCc2ccccc2-c2ccccc2CN=C1c1ccc(-c2cc3ccccc3c3c2oc2ccccc23)c2ccccc12. The average molecular weight is 577 g/mol. The molecule has 9 rings (SSSR count). The maximum Gasteiger partial charge on any atom is 0.143 e. The normalized spacial score (nSPS) is 13.2. The fourth-order valence-electron chi connectivity index (χ4n) is 6.97. The Bertz CT molecular complexity index is 2500. The Morgan fingerprint density at radius 1 is 0.467 bits per heavy atom. The van der Waals surface area contributed by atoms with Crippen molar-refractivity contribution in [3.63, 3.8) is 0 Å². The van der Waals surface area contributed by atoms with Gasteiger partial charge in [0.15, 0.2) is 0 Å². The number of hydrogen-bond acceptors (Lipinski definition) is 3. The Balaban J connectivity index is 1.25. The quantitative estimate of drug-likeness (QED) is 0.202. The van der Waals surface area contributed by atoms with Crippen LogP contribution >= 0.6 is 0 Å². The van der Waals surface area contributed by atoms with E-state index in [-0.39, 0.29) is 0 Å². The largest absolute Gasteiger partial charge is 0.455 e. The van der Waals surface area contributed by atoms with E-state index in [9.17, 15) is 0 Å². The predicted molar refractivity (Wildman–Crippen MR) is 188 cm³/mol. The van der Waals surface area contributed by atoms with Crippen LogP contribution in [0, 0.1) is 0 Å². The van der Waals surface area contributed by atoms with E-state index in [0.29, 0.717) is 13.1 Å². The van der Waals surface area contributed by atoms with E-state index in [4.69, 9.17) is 14.4 Å². The number of furan rings is 1. The van der Waals surface area contributed by atoms with Crippen molar-refractivity contribution in [2.75, 3.05) is 0 Å². The topological polar surface area (TPSA) is 37.9 Å². The van der Waals surface area contributed by atoms with Gasteiger partial charge in [0.05, 0.1) is 18.8 Å². The van der Waals surface area contributed by atoms with Crippen molar-refractivity contribution < 1.29 is 4.42 Å². The molecule has 2 heterocycles. The van der Waals surface area contributed by atoms with Crippen LogP contribution in [0.25, 0.3) is 65.7 Å². The first-order valence-electron chi connectivity index (χ1n) is 15.4. The summed E-state index contributed by atoms with van der Waals surface area (Å²) in [5.74, 6) is 0. The highest BCUT2D eigenvalue weighted by molar-refractivity contribution is 6.41. The maximum atomic E-state index is 6.61. The molecular formula is C42H28N2O. The third-order valence-corrected chi connectivity index (χ3v) is 9.08. The Kier molecular flexibility index (Phi) is 5.95. The van der Waals surface area contributed by atoms with Crippen molar-refractivity contribution in [3.8, 4) is 22.3 Å². The summed E-state index contributed by atoms with van der Waals surface area (Å²) in [6, 6.07) is 49.4. The van der Waals surface area contributed by atoms with Crippen LogP contribution in [0.1, 0.15) is 16.7 Å². The average Bonchev–Trinajstić information content (AvgIpc) is 3.50. The standard InChI is InChI=1S/C42H28N2O/c1-6-16-32-27(11-1)23-38(42-41(32)37-19-9-10-20-40(37)45-42)35-21-22-36(34-18-8-7-17-33(34)35)39-26-43-24-28-12-2-4-14-30(28)31-15-5-3-13-29(31)25-44-39/h1-23,26H,24-25H2. The van der Waals surface area contributed by atoms with Gasteiger partial charge in [-0.05, 0) is 61.5 Å². The van der Waals surface area contributed by atoms with Crippen LogP contribution in [0.5, 0.6) is 0 Å². The molecule has 3 nitrogen and oxygen atoms in total. The lowest BCUT2D eigenvalue weighted by atomic mass is 9.90. The van der Waals surface area contributed by atoms with Gasteiger partial charge in [0.2, 0.25) is 0 Å². The van der Waals surface area contributed by atoms with E-state index >= 15 is 0 Å². The molecule has 212 valence electrons. The molecule has 7 aromatic carbocycles. The number of benzene rings is 7. The van der Waals surface area contributed by atoms with Crippen molar-refractivity contribution in [3.05, 3.63) is 156 Å². The van der Waals surface area contributed by atoms with Gasteiger partial charge < -0.3 is 4.42 Å². The first-order chi connectivity index (χ1) is 22.3. The van der Waals surface area contributed by atoms with Crippen molar-refractivity contribution in [1.82, 2.24) is 0 Å². The van der Waals surface area contributed by atoms with Crippen LogP contribution in [-0.4, -0.2) is 11.9 Å². The highest BCUT2D eigenvalue weighted by atomic mass is 16.3. The number of aliphatic imine (C=N–C) groups is 2. The molecule has 0 aliphatic carbocycles. The summed E-state index contributed by atoms with van der Waals surface area (Å²) in [6.07, 6.45) is 1.96. The van der Waals surface area contributed by atoms with Crippen molar-refractivity contribution in [1.29, 1.82) is 0 Å². The summed E-state index contributed by atoms with van der Waals surface area (Å²) in [5.41, 5.74) is 10.9. The number of fused-ring (bicyclic) bond motifs is 9. The Morgan fingerprint density at radius 3 is 1.87 bits per heavy atom. The molecule has 3 heteroatoms. The van der Waals surface area contributed by atoms with Crippen LogP contribution in [-0.2, 0) is 13.1 Å². The zero-order valence-electron chi connectivity index (χ0n) is 24.6. The summed E-state index contributed by atoms with van der Waals surface area (Å²) in [4.78, 5) is 10.1. The Labute approximate surface area is 260 Å². The molecule has 1 aromatic heterocycles. The zero-order chi connectivity index (χ0) is 29.7. The molecule has 0 spiro atoms. The number of nitrogens with zero attached hydrogens (tertiary/aromatic N) is 2. The number of rotatable bonds is 2. The molecule has 0 fully saturated rings. The zero-order valence-corrected chi connectivity index (χ0v) is 24.6. The van der Waals surface area contributed by atoms with Gasteiger partial charge >= 0.3 is 0 Å². The molecule has 0 amide bonds. The van der Waals surface area contributed by atoms with E-state index in [1.165, 1.54) is 33.0 Å². The second-order valence-corrected chi connectivity index (χ2v) is 11.6. The molecule has 0 N–H and O–H groups in total. The molecule has 1 aliphatic heterocycles. The van der Waals surface area contributed by atoms with Crippen molar-refractivity contribution >= 4 is 55.4 Å². The lowest BCUT2D eigenvalue weighted by Crippen LogP contribution is -2.07. The highest BCUT2D eigenvalue weighted by Crippen LogP contribution is 2.43. The monoisotopic (exact) mass is 576 g/mol. The van der Waals surface area contributed by atoms with Gasteiger partial charge in [0.1, 0.15) is 11.2 Å². The van der Waals surface area contributed by atoms with Crippen molar-refractivity contribution in [2.24, 2.45) is 9.98 Å².